The van der Waals surface area contributed by atoms with Crippen LogP contribution in [0.15, 0.2) is 59.2 Å². The average Bonchev–Trinajstić information content (AvgIpc) is 2.98. The van der Waals surface area contributed by atoms with E-state index >= 15 is 0 Å². The SMILES string of the molecule is NNC(Cc1ccc2ccccc2n1)c1ccco1. The van der Waals surface area contributed by atoms with Crippen molar-refractivity contribution >= 4 is 10.9 Å². The van der Waals surface area contributed by atoms with Crippen molar-refractivity contribution in [2.24, 2.45) is 5.84 Å². The molecule has 0 bridgehead atoms. The lowest BCUT2D eigenvalue weighted by atomic mass is 10.1. The largest absolute Gasteiger partial charge is 0.468 e. The molecule has 1 aromatic carbocycles. The van der Waals surface area contributed by atoms with Crippen molar-refractivity contribution in [2.75, 3.05) is 0 Å². The molecular formula is C15H15N3O. The number of nitrogens with two attached hydrogens (primary N) is 1. The van der Waals surface area contributed by atoms with E-state index in [2.05, 4.69) is 22.5 Å². The number of nitrogens with zero attached hydrogens (tertiary/aromatic N) is 1. The lowest BCUT2D eigenvalue weighted by Crippen LogP contribution is -2.29. The number of hydrogen-bond acceptors (Lipinski definition) is 4. The number of hydrogen-bond donors (Lipinski definition) is 2. The van der Waals surface area contributed by atoms with Gasteiger partial charge in [0, 0.05) is 17.5 Å². The Labute approximate surface area is 111 Å². The Morgan fingerprint density at radius 1 is 1.11 bits per heavy atom. The van der Waals surface area contributed by atoms with Crippen molar-refractivity contribution in [3.8, 4) is 0 Å². The van der Waals surface area contributed by atoms with E-state index in [1.807, 2.05) is 36.4 Å². The average molecular weight is 253 g/mol. The molecule has 4 nitrogen and oxygen atoms in total. The second kappa shape index (κ2) is 5.22. The monoisotopic (exact) mass is 253 g/mol. The first-order valence-electron chi connectivity index (χ1n) is 6.21. The van der Waals surface area contributed by atoms with Crippen LogP contribution in [0, 0.1) is 0 Å². The second-order valence-corrected chi connectivity index (χ2v) is 4.43. The minimum atomic E-state index is -0.0661. The number of rotatable bonds is 4. The smallest absolute Gasteiger partial charge is 0.122 e. The zero-order valence-electron chi connectivity index (χ0n) is 10.4. The zero-order chi connectivity index (χ0) is 13.1. The first-order valence-corrected chi connectivity index (χ1v) is 6.21. The van der Waals surface area contributed by atoms with Gasteiger partial charge >= 0.3 is 0 Å². The molecule has 0 radical (unpaired) electrons. The van der Waals surface area contributed by atoms with E-state index in [1.165, 1.54) is 0 Å². The quantitative estimate of drug-likeness (QED) is 0.554. The molecule has 0 saturated heterocycles. The number of furan rings is 1. The Kier molecular flexibility index (Phi) is 3.27. The third kappa shape index (κ3) is 2.50. The van der Waals surface area contributed by atoms with Gasteiger partial charge in [0.15, 0.2) is 0 Å². The highest BCUT2D eigenvalue weighted by Gasteiger charge is 2.14. The van der Waals surface area contributed by atoms with Crippen LogP contribution in [-0.2, 0) is 6.42 Å². The van der Waals surface area contributed by atoms with Crippen LogP contribution in [0.2, 0.25) is 0 Å². The van der Waals surface area contributed by atoms with Crippen LogP contribution >= 0.6 is 0 Å². The predicted molar refractivity (Wildman–Crippen MR) is 74.2 cm³/mol. The number of hydrazine groups is 1. The molecule has 3 aromatic rings. The Morgan fingerprint density at radius 2 is 2.00 bits per heavy atom. The number of nitrogens with one attached hydrogen (secondary N) is 1. The van der Waals surface area contributed by atoms with Gasteiger partial charge in [0.25, 0.3) is 0 Å². The number of benzene rings is 1. The van der Waals surface area contributed by atoms with Crippen LogP contribution in [0.5, 0.6) is 0 Å². The van der Waals surface area contributed by atoms with Gasteiger partial charge in [0.2, 0.25) is 0 Å². The van der Waals surface area contributed by atoms with Crippen LogP contribution in [0.1, 0.15) is 17.5 Å². The summed E-state index contributed by atoms with van der Waals surface area (Å²) in [6.45, 7) is 0. The van der Waals surface area contributed by atoms with Gasteiger partial charge in [-0.3, -0.25) is 10.8 Å². The molecule has 96 valence electrons. The van der Waals surface area contributed by atoms with Crippen LogP contribution in [0.3, 0.4) is 0 Å². The van der Waals surface area contributed by atoms with Gasteiger partial charge in [0.1, 0.15) is 5.76 Å². The van der Waals surface area contributed by atoms with Crippen molar-refractivity contribution in [1.29, 1.82) is 0 Å². The summed E-state index contributed by atoms with van der Waals surface area (Å²) >= 11 is 0. The molecule has 0 amide bonds. The molecule has 2 heterocycles. The Balaban J connectivity index is 1.88. The lowest BCUT2D eigenvalue weighted by molar-refractivity contribution is 0.414. The van der Waals surface area contributed by atoms with Crippen molar-refractivity contribution < 1.29 is 4.42 Å². The molecule has 19 heavy (non-hydrogen) atoms. The first-order chi connectivity index (χ1) is 9.36. The summed E-state index contributed by atoms with van der Waals surface area (Å²) in [7, 11) is 0. The number of fused-ring (bicyclic) bond motifs is 1. The van der Waals surface area contributed by atoms with Gasteiger partial charge in [-0.25, -0.2) is 5.43 Å². The predicted octanol–water partition coefficient (Wildman–Crippen LogP) is 2.57. The van der Waals surface area contributed by atoms with Crippen LogP contribution in [-0.4, -0.2) is 4.98 Å². The summed E-state index contributed by atoms with van der Waals surface area (Å²) in [5.41, 5.74) is 4.75. The van der Waals surface area contributed by atoms with Gasteiger partial charge in [-0.15, -0.1) is 0 Å². The zero-order valence-corrected chi connectivity index (χ0v) is 10.4. The molecular weight excluding hydrogens is 238 g/mol. The van der Waals surface area contributed by atoms with E-state index in [-0.39, 0.29) is 6.04 Å². The topological polar surface area (TPSA) is 64.1 Å². The maximum absolute atomic E-state index is 5.59. The normalized spacial score (nSPS) is 12.7. The third-order valence-electron chi connectivity index (χ3n) is 3.16. The second-order valence-electron chi connectivity index (χ2n) is 4.43. The van der Waals surface area contributed by atoms with E-state index in [9.17, 15) is 0 Å². The summed E-state index contributed by atoms with van der Waals surface area (Å²) in [5, 5.41) is 1.14. The molecule has 1 unspecified atom stereocenters. The molecule has 0 aliphatic carbocycles. The van der Waals surface area contributed by atoms with E-state index in [0.29, 0.717) is 6.42 Å². The summed E-state index contributed by atoms with van der Waals surface area (Å²) in [6.07, 6.45) is 2.34. The highest BCUT2D eigenvalue weighted by molar-refractivity contribution is 5.78. The van der Waals surface area contributed by atoms with Gasteiger partial charge in [0.05, 0.1) is 17.8 Å². The molecule has 1 atom stereocenters. The van der Waals surface area contributed by atoms with Crippen molar-refractivity contribution in [2.45, 2.75) is 12.5 Å². The molecule has 0 saturated carbocycles. The summed E-state index contributed by atoms with van der Waals surface area (Å²) in [4.78, 5) is 4.64. The van der Waals surface area contributed by atoms with E-state index in [4.69, 9.17) is 10.3 Å². The Bertz CT molecular complexity index is 664. The fourth-order valence-corrected chi connectivity index (χ4v) is 2.16. The maximum Gasteiger partial charge on any atom is 0.122 e. The molecule has 4 heteroatoms. The molecule has 3 N–H and O–H groups in total. The summed E-state index contributed by atoms with van der Waals surface area (Å²) in [5.74, 6) is 6.40. The van der Waals surface area contributed by atoms with Crippen molar-refractivity contribution in [3.05, 3.63) is 66.2 Å². The number of pyridine rings is 1. The van der Waals surface area contributed by atoms with Crippen LogP contribution in [0.4, 0.5) is 0 Å². The minimum absolute atomic E-state index is 0.0661. The summed E-state index contributed by atoms with van der Waals surface area (Å²) < 4.78 is 5.38. The van der Waals surface area contributed by atoms with Crippen molar-refractivity contribution in [3.63, 3.8) is 0 Å². The van der Waals surface area contributed by atoms with E-state index in [1.54, 1.807) is 6.26 Å². The molecule has 0 fully saturated rings. The van der Waals surface area contributed by atoms with Gasteiger partial charge in [-0.2, -0.15) is 0 Å². The molecule has 0 aliphatic rings. The standard InChI is InChI=1S/C15H15N3O/c16-18-14(15-6-3-9-19-15)10-12-8-7-11-4-1-2-5-13(11)17-12/h1-9,14,18H,10,16H2. The minimum Gasteiger partial charge on any atom is -0.468 e. The fraction of sp³-hybridized carbons (Fsp3) is 0.133. The fourth-order valence-electron chi connectivity index (χ4n) is 2.16. The van der Waals surface area contributed by atoms with Gasteiger partial charge in [-0.1, -0.05) is 24.3 Å². The van der Waals surface area contributed by atoms with Crippen molar-refractivity contribution in [1.82, 2.24) is 10.4 Å². The first kappa shape index (κ1) is 11.9. The van der Waals surface area contributed by atoms with Crippen LogP contribution in [0.25, 0.3) is 10.9 Å². The molecule has 0 spiro atoms. The molecule has 0 aliphatic heterocycles. The Hall–Kier alpha value is -2.17. The highest BCUT2D eigenvalue weighted by Crippen LogP contribution is 2.19. The van der Waals surface area contributed by atoms with Gasteiger partial charge < -0.3 is 4.42 Å². The summed E-state index contributed by atoms with van der Waals surface area (Å²) in [6, 6.07) is 15.9. The van der Waals surface area contributed by atoms with E-state index in [0.717, 1.165) is 22.4 Å². The molecule has 3 rings (SSSR count). The Morgan fingerprint density at radius 3 is 2.79 bits per heavy atom. The molecule has 2 aromatic heterocycles. The maximum atomic E-state index is 5.59. The third-order valence-corrected chi connectivity index (χ3v) is 3.16. The number of para-hydroxylation sites is 1. The van der Waals surface area contributed by atoms with E-state index < -0.39 is 0 Å². The highest BCUT2D eigenvalue weighted by atomic mass is 16.3. The number of aromatic nitrogens is 1. The lowest BCUT2D eigenvalue weighted by Gasteiger charge is -2.13. The van der Waals surface area contributed by atoms with Crippen LogP contribution < -0.4 is 11.3 Å². The van der Waals surface area contributed by atoms with Gasteiger partial charge in [-0.05, 0) is 24.3 Å².